The second-order valence-electron chi connectivity index (χ2n) is 6.29. The lowest BCUT2D eigenvalue weighted by atomic mass is 10.1. The van der Waals surface area contributed by atoms with Gasteiger partial charge in [-0.15, -0.1) is 0 Å². The number of rotatable bonds is 2. The van der Waals surface area contributed by atoms with Gasteiger partial charge in [-0.1, -0.05) is 0 Å². The summed E-state index contributed by atoms with van der Waals surface area (Å²) in [5.41, 5.74) is 9.88. The van der Waals surface area contributed by atoms with Crippen molar-refractivity contribution >= 4 is 29.0 Å². The normalized spacial score (nSPS) is 17.7. The van der Waals surface area contributed by atoms with Gasteiger partial charge in [0.1, 0.15) is 0 Å². The fraction of sp³-hybridized carbons (Fsp3) is 0.389. The molecule has 0 bridgehead atoms. The summed E-state index contributed by atoms with van der Waals surface area (Å²) >= 11 is 1.98. The third-order valence-corrected chi connectivity index (χ3v) is 5.74. The zero-order valence-electron chi connectivity index (χ0n) is 13.6. The fourth-order valence-electron chi connectivity index (χ4n) is 3.45. The molecule has 6 heteroatoms. The molecule has 1 aromatic heterocycles. The predicted octanol–water partition coefficient (Wildman–Crippen LogP) is 2.28. The Hall–Kier alpha value is -2.08. The average molecular weight is 342 g/mol. The first kappa shape index (κ1) is 15.4. The molecule has 0 atom stereocenters. The molecular formula is C18H22N4OS. The van der Waals surface area contributed by atoms with E-state index in [2.05, 4.69) is 21.7 Å². The van der Waals surface area contributed by atoms with Crippen LogP contribution in [0.3, 0.4) is 0 Å². The van der Waals surface area contributed by atoms with Crippen LogP contribution in [-0.2, 0) is 13.1 Å². The molecule has 0 radical (unpaired) electrons. The highest BCUT2D eigenvalue weighted by atomic mass is 32.2. The van der Waals surface area contributed by atoms with Crippen LogP contribution in [0, 0.1) is 0 Å². The molecule has 1 saturated heterocycles. The lowest BCUT2D eigenvalue weighted by molar-refractivity contribution is 0.0711. The van der Waals surface area contributed by atoms with Crippen molar-refractivity contribution in [3.05, 3.63) is 47.8 Å². The van der Waals surface area contributed by atoms with E-state index in [4.69, 9.17) is 5.73 Å². The van der Waals surface area contributed by atoms with Gasteiger partial charge in [0.15, 0.2) is 0 Å². The maximum absolute atomic E-state index is 12.8. The summed E-state index contributed by atoms with van der Waals surface area (Å²) < 4.78 is 2.20. The van der Waals surface area contributed by atoms with E-state index in [0.717, 1.165) is 43.4 Å². The summed E-state index contributed by atoms with van der Waals surface area (Å²) in [7, 11) is 0. The quantitative estimate of drug-likeness (QED) is 0.851. The SMILES string of the molecule is Nc1cc(C(=O)N2CCn3cccc3C2)ccc1N1CCSCC1. The molecule has 0 saturated carbocycles. The number of carbonyl (C=O) groups is 1. The van der Waals surface area contributed by atoms with E-state index in [-0.39, 0.29) is 5.91 Å². The second-order valence-corrected chi connectivity index (χ2v) is 7.52. The predicted molar refractivity (Wildman–Crippen MR) is 99.6 cm³/mol. The van der Waals surface area contributed by atoms with Crippen LogP contribution in [0.1, 0.15) is 16.1 Å². The number of fused-ring (bicyclic) bond motifs is 1. The number of anilines is 2. The maximum Gasteiger partial charge on any atom is 0.254 e. The van der Waals surface area contributed by atoms with Gasteiger partial charge in [-0.25, -0.2) is 0 Å². The summed E-state index contributed by atoms with van der Waals surface area (Å²) in [4.78, 5) is 17.0. The fourth-order valence-corrected chi connectivity index (χ4v) is 4.35. The van der Waals surface area contributed by atoms with E-state index in [9.17, 15) is 4.79 Å². The lowest BCUT2D eigenvalue weighted by Gasteiger charge is -2.31. The van der Waals surface area contributed by atoms with Gasteiger partial charge in [0.05, 0.1) is 17.9 Å². The molecule has 2 N–H and O–H groups in total. The molecule has 24 heavy (non-hydrogen) atoms. The van der Waals surface area contributed by atoms with Crippen LogP contribution in [0.25, 0.3) is 0 Å². The average Bonchev–Trinajstić information content (AvgIpc) is 3.09. The van der Waals surface area contributed by atoms with Crippen LogP contribution in [-0.4, -0.2) is 46.5 Å². The van der Waals surface area contributed by atoms with Gasteiger partial charge >= 0.3 is 0 Å². The van der Waals surface area contributed by atoms with Crippen LogP contribution in [0.2, 0.25) is 0 Å². The van der Waals surface area contributed by atoms with Crippen molar-refractivity contribution in [2.45, 2.75) is 13.1 Å². The Morgan fingerprint density at radius 2 is 1.92 bits per heavy atom. The van der Waals surface area contributed by atoms with Gasteiger partial charge in [0.25, 0.3) is 5.91 Å². The number of carbonyl (C=O) groups excluding carboxylic acids is 1. The Morgan fingerprint density at radius 3 is 2.71 bits per heavy atom. The van der Waals surface area contributed by atoms with Gasteiger partial charge in [-0.05, 0) is 30.3 Å². The van der Waals surface area contributed by atoms with Crippen LogP contribution >= 0.6 is 11.8 Å². The number of aromatic nitrogens is 1. The summed E-state index contributed by atoms with van der Waals surface area (Å²) in [6.07, 6.45) is 2.07. The monoisotopic (exact) mass is 342 g/mol. The van der Waals surface area contributed by atoms with Gasteiger partial charge in [0.2, 0.25) is 0 Å². The molecule has 5 nitrogen and oxygen atoms in total. The zero-order chi connectivity index (χ0) is 16.5. The Bertz CT molecular complexity index is 751. The Labute approximate surface area is 146 Å². The number of nitrogens with two attached hydrogens (primary N) is 1. The van der Waals surface area contributed by atoms with E-state index in [1.54, 1.807) is 0 Å². The molecular weight excluding hydrogens is 320 g/mol. The van der Waals surface area contributed by atoms with Gasteiger partial charge in [-0.3, -0.25) is 4.79 Å². The molecule has 1 amide bonds. The lowest BCUT2D eigenvalue weighted by Crippen LogP contribution is -2.38. The van der Waals surface area contributed by atoms with Crippen LogP contribution in [0.15, 0.2) is 36.5 Å². The minimum Gasteiger partial charge on any atom is -0.397 e. The molecule has 0 aliphatic carbocycles. The highest BCUT2D eigenvalue weighted by Crippen LogP contribution is 2.28. The molecule has 0 unspecified atom stereocenters. The number of hydrogen-bond acceptors (Lipinski definition) is 4. The standard InChI is InChI=1S/C18H22N4OS/c19-16-12-14(3-4-17(16)21-8-10-24-11-9-21)18(23)22-7-6-20-5-1-2-15(20)13-22/h1-5,12H,6-11,13,19H2. The first-order chi connectivity index (χ1) is 11.7. The molecule has 0 spiro atoms. The first-order valence-electron chi connectivity index (χ1n) is 8.38. The molecule has 126 valence electrons. The van der Waals surface area contributed by atoms with Gasteiger partial charge < -0.3 is 20.1 Å². The van der Waals surface area contributed by atoms with Gasteiger partial charge in [0, 0.05) is 55.1 Å². The number of nitrogens with zero attached hydrogens (tertiary/aromatic N) is 3. The number of nitrogen functional groups attached to an aromatic ring is 1. The smallest absolute Gasteiger partial charge is 0.254 e. The molecule has 3 heterocycles. The van der Waals surface area contributed by atoms with E-state index >= 15 is 0 Å². The molecule has 2 aromatic rings. The number of benzene rings is 1. The minimum atomic E-state index is 0.0647. The highest BCUT2D eigenvalue weighted by molar-refractivity contribution is 7.99. The topological polar surface area (TPSA) is 54.5 Å². The molecule has 4 rings (SSSR count). The number of thioether (sulfide) groups is 1. The number of amides is 1. The van der Waals surface area contributed by atoms with Gasteiger partial charge in [-0.2, -0.15) is 11.8 Å². The van der Waals surface area contributed by atoms with Crippen molar-refractivity contribution in [1.29, 1.82) is 0 Å². The van der Waals surface area contributed by atoms with Crippen LogP contribution < -0.4 is 10.6 Å². The van der Waals surface area contributed by atoms with E-state index in [1.165, 1.54) is 5.69 Å². The van der Waals surface area contributed by atoms with Crippen LogP contribution in [0.5, 0.6) is 0 Å². The van der Waals surface area contributed by atoms with Crippen molar-refractivity contribution in [3.8, 4) is 0 Å². The van der Waals surface area contributed by atoms with E-state index < -0.39 is 0 Å². The van der Waals surface area contributed by atoms with Crippen LogP contribution in [0.4, 0.5) is 11.4 Å². The first-order valence-corrected chi connectivity index (χ1v) is 9.53. The summed E-state index contributed by atoms with van der Waals surface area (Å²) in [5.74, 6) is 2.33. The highest BCUT2D eigenvalue weighted by Gasteiger charge is 2.22. The van der Waals surface area contributed by atoms with E-state index in [1.807, 2.05) is 40.9 Å². The third-order valence-electron chi connectivity index (χ3n) is 4.80. The number of hydrogen-bond donors (Lipinski definition) is 1. The Kier molecular flexibility index (Phi) is 4.14. The summed E-state index contributed by atoms with van der Waals surface area (Å²) in [6.45, 7) is 4.30. The van der Waals surface area contributed by atoms with Crippen molar-refractivity contribution < 1.29 is 4.79 Å². The molecule has 1 aromatic carbocycles. The Morgan fingerprint density at radius 1 is 1.08 bits per heavy atom. The summed E-state index contributed by atoms with van der Waals surface area (Å²) in [6, 6.07) is 9.87. The largest absolute Gasteiger partial charge is 0.397 e. The van der Waals surface area contributed by atoms with Crippen molar-refractivity contribution in [2.75, 3.05) is 41.8 Å². The molecule has 2 aliphatic heterocycles. The minimum absolute atomic E-state index is 0.0647. The molecule has 2 aliphatic rings. The zero-order valence-corrected chi connectivity index (χ0v) is 14.5. The van der Waals surface area contributed by atoms with E-state index in [0.29, 0.717) is 17.8 Å². The third kappa shape index (κ3) is 2.86. The second kappa shape index (κ2) is 6.43. The Balaban J connectivity index is 1.52. The summed E-state index contributed by atoms with van der Waals surface area (Å²) in [5, 5.41) is 0. The van der Waals surface area contributed by atoms with Crippen molar-refractivity contribution in [3.63, 3.8) is 0 Å². The maximum atomic E-state index is 12.8. The molecule has 1 fully saturated rings. The van der Waals surface area contributed by atoms with Crippen molar-refractivity contribution in [2.24, 2.45) is 0 Å². The van der Waals surface area contributed by atoms with Crippen molar-refractivity contribution in [1.82, 2.24) is 9.47 Å².